The van der Waals surface area contributed by atoms with Crippen LogP contribution < -0.4 is 4.74 Å². The molecule has 0 aliphatic carbocycles. The highest BCUT2D eigenvalue weighted by Gasteiger charge is 2.31. The molecule has 0 spiro atoms. The highest BCUT2D eigenvalue weighted by Crippen LogP contribution is 2.31. The molecular formula is C21H21ClN2O2. The minimum atomic E-state index is -0.104. The molecule has 0 unspecified atom stereocenters. The number of carbonyl (C=O) groups excluding carboxylic acids is 1. The van der Waals surface area contributed by atoms with Crippen molar-refractivity contribution in [2.45, 2.75) is 26.4 Å². The molecule has 3 rings (SSSR count). The quantitative estimate of drug-likeness (QED) is 0.704. The molecule has 4 nitrogen and oxygen atoms in total. The van der Waals surface area contributed by atoms with E-state index in [1.54, 1.807) is 18.2 Å². The van der Waals surface area contributed by atoms with E-state index in [1.165, 1.54) is 0 Å². The molecule has 1 saturated heterocycles. The highest BCUT2D eigenvalue weighted by atomic mass is 35.5. The number of piperidine rings is 1. The third-order valence-electron chi connectivity index (χ3n) is 4.80. The van der Waals surface area contributed by atoms with Gasteiger partial charge >= 0.3 is 0 Å². The van der Waals surface area contributed by atoms with Gasteiger partial charge in [0, 0.05) is 12.1 Å². The summed E-state index contributed by atoms with van der Waals surface area (Å²) >= 11 is 6.10. The zero-order valence-electron chi connectivity index (χ0n) is 14.9. The van der Waals surface area contributed by atoms with Crippen LogP contribution in [0.2, 0.25) is 5.02 Å². The fraction of sp³-hybridized carbons (Fsp3) is 0.333. The summed E-state index contributed by atoms with van der Waals surface area (Å²) in [4.78, 5) is 18.0. The summed E-state index contributed by atoms with van der Waals surface area (Å²) in [5.74, 6) is 0.993. The Bertz CT molecular complexity index is 842. The van der Waals surface area contributed by atoms with Gasteiger partial charge in [0.2, 0.25) is 5.69 Å². The number of rotatable bonds is 3. The zero-order valence-corrected chi connectivity index (χ0v) is 15.7. The smallest absolute Gasteiger partial charge is 0.253 e. The van der Waals surface area contributed by atoms with Gasteiger partial charge in [0.15, 0.2) is 0 Å². The Morgan fingerprint density at radius 1 is 1.27 bits per heavy atom. The molecule has 0 radical (unpaired) electrons. The predicted molar refractivity (Wildman–Crippen MR) is 103 cm³/mol. The Balaban J connectivity index is 1.72. The van der Waals surface area contributed by atoms with Crippen molar-refractivity contribution >= 4 is 23.2 Å². The van der Waals surface area contributed by atoms with Crippen molar-refractivity contribution in [2.24, 2.45) is 5.92 Å². The summed E-state index contributed by atoms with van der Waals surface area (Å²) in [5, 5.41) is 0.383. The molecule has 2 aromatic rings. The molecule has 1 heterocycles. The summed E-state index contributed by atoms with van der Waals surface area (Å²) in [7, 11) is 0. The highest BCUT2D eigenvalue weighted by molar-refractivity contribution is 6.33. The van der Waals surface area contributed by atoms with E-state index in [2.05, 4.69) is 11.8 Å². The van der Waals surface area contributed by atoms with Crippen molar-refractivity contribution in [3.63, 3.8) is 0 Å². The first-order chi connectivity index (χ1) is 12.5. The predicted octanol–water partition coefficient (Wildman–Crippen LogP) is 5.13. The van der Waals surface area contributed by atoms with Crippen LogP contribution in [0.3, 0.4) is 0 Å². The van der Waals surface area contributed by atoms with Gasteiger partial charge in [0.1, 0.15) is 11.9 Å². The van der Waals surface area contributed by atoms with Crippen molar-refractivity contribution < 1.29 is 9.53 Å². The van der Waals surface area contributed by atoms with E-state index in [4.69, 9.17) is 22.9 Å². The number of hydrogen-bond acceptors (Lipinski definition) is 2. The van der Waals surface area contributed by atoms with Crippen molar-refractivity contribution in [3.05, 3.63) is 70.0 Å². The Hall–Kier alpha value is -2.51. The Kier molecular flexibility index (Phi) is 5.49. The van der Waals surface area contributed by atoms with Gasteiger partial charge in [-0.2, -0.15) is 0 Å². The van der Waals surface area contributed by atoms with Crippen LogP contribution >= 0.6 is 11.6 Å². The summed E-state index contributed by atoms with van der Waals surface area (Å²) in [6, 6.07) is 12.7. The largest absolute Gasteiger partial charge is 0.488 e. The second-order valence-corrected chi connectivity index (χ2v) is 7.17. The molecule has 1 aliphatic heterocycles. The normalized spacial score (nSPS) is 19.7. The molecule has 26 heavy (non-hydrogen) atoms. The maximum atomic E-state index is 12.8. The summed E-state index contributed by atoms with van der Waals surface area (Å²) in [6.07, 6.45) is 0.781. The number of halogens is 1. The first-order valence-electron chi connectivity index (χ1n) is 8.67. The number of likely N-dealkylation sites (tertiary alicyclic amines) is 1. The van der Waals surface area contributed by atoms with E-state index < -0.39 is 0 Å². The van der Waals surface area contributed by atoms with Crippen LogP contribution in [0.4, 0.5) is 5.69 Å². The van der Waals surface area contributed by atoms with Gasteiger partial charge in [-0.25, -0.2) is 4.85 Å². The van der Waals surface area contributed by atoms with Gasteiger partial charge in [-0.05, 0) is 43.5 Å². The SMILES string of the molecule is [C-]#[N+]c1ccc(O[C@@H]2CN(C(=O)c3ccc(C)cc3)CC[C@H]2C)cc1Cl. The summed E-state index contributed by atoms with van der Waals surface area (Å²) in [5.41, 5.74) is 2.25. The lowest BCUT2D eigenvalue weighted by Crippen LogP contribution is -2.48. The molecule has 0 aromatic heterocycles. The molecule has 134 valence electrons. The third-order valence-corrected chi connectivity index (χ3v) is 5.10. The fourth-order valence-corrected chi connectivity index (χ4v) is 3.29. The van der Waals surface area contributed by atoms with Crippen LogP contribution in [0.5, 0.6) is 5.75 Å². The average Bonchev–Trinajstić information content (AvgIpc) is 2.64. The first kappa shape index (κ1) is 18.3. The number of amides is 1. The lowest BCUT2D eigenvalue weighted by Gasteiger charge is -2.37. The van der Waals surface area contributed by atoms with E-state index in [9.17, 15) is 4.79 Å². The zero-order chi connectivity index (χ0) is 18.7. The second kappa shape index (κ2) is 7.80. The van der Waals surface area contributed by atoms with E-state index in [1.807, 2.05) is 36.1 Å². The van der Waals surface area contributed by atoms with Crippen LogP contribution in [0.25, 0.3) is 4.85 Å². The van der Waals surface area contributed by atoms with Crippen LogP contribution in [-0.4, -0.2) is 30.0 Å². The molecule has 0 N–H and O–H groups in total. The minimum absolute atomic E-state index is 0.0342. The second-order valence-electron chi connectivity index (χ2n) is 6.76. The van der Waals surface area contributed by atoms with Gasteiger partial charge in [0.25, 0.3) is 5.91 Å². The van der Waals surface area contributed by atoms with Crippen LogP contribution in [-0.2, 0) is 0 Å². The number of hydrogen-bond donors (Lipinski definition) is 0. The number of nitrogens with zero attached hydrogens (tertiary/aromatic N) is 2. The summed E-state index contributed by atoms with van der Waals surface area (Å²) in [6.45, 7) is 12.5. The average molecular weight is 369 g/mol. The van der Waals surface area contributed by atoms with Gasteiger partial charge in [-0.1, -0.05) is 42.3 Å². The molecule has 1 amide bonds. The van der Waals surface area contributed by atoms with Crippen LogP contribution in [0.1, 0.15) is 29.3 Å². The maximum Gasteiger partial charge on any atom is 0.253 e. The first-order valence-corrected chi connectivity index (χ1v) is 9.05. The number of benzene rings is 2. The van der Waals surface area contributed by atoms with E-state index >= 15 is 0 Å². The van der Waals surface area contributed by atoms with Crippen molar-refractivity contribution in [3.8, 4) is 5.75 Å². The van der Waals surface area contributed by atoms with Crippen molar-refractivity contribution in [2.75, 3.05) is 13.1 Å². The lowest BCUT2D eigenvalue weighted by atomic mass is 9.95. The monoisotopic (exact) mass is 368 g/mol. The molecule has 2 aromatic carbocycles. The van der Waals surface area contributed by atoms with Crippen molar-refractivity contribution in [1.29, 1.82) is 0 Å². The van der Waals surface area contributed by atoms with E-state index in [0.29, 0.717) is 34.5 Å². The topological polar surface area (TPSA) is 33.9 Å². The molecule has 0 bridgehead atoms. The third kappa shape index (κ3) is 4.00. The van der Waals surface area contributed by atoms with Gasteiger partial charge in [0.05, 0.1) is 18.1 Å². The molecule has 1 aliphatic rings. The lowest BCUT2D eigenvalue weighted by molar-refractivity contribution is 0.0358. The van der Waals surface area contributed by atoms with Crippen molar-refractivity contribution in [1.82, 2.24) is 4.90 Å². The number of aryl methyl sites for hydroxylation is 1. The van der Waals surface area contributed by atoms with Gasteiger partial charge in [-0.3, -0.25) is 4.79 Å². The minimum Gasteiger partial charge on any atom is -0.488 e. The summed E-state index contributed by atoms with van der Waals surface area (Å²) < 4.78 is 6.10. The van der Waals surface area contributed by atoms with Crippen LogP contribution in [0, 0.1) is 19.4 Å². The van der Waals surface area contributed by atoms with Gasteiger partial charge in [-0.15, -0.1) is 0 Å². The molecule has 0 saturated carbocycles. The molecule has 5 heteroatoms. The standard InChI is InChI=1S/C21H21ClN2O2/c1-14-4-6-16(7-5-14)21(25)24-11-10-15(2)20(13-24)26-17-8-9-19(23-3)18(22)12-17/h4-9,12,15,20H,10-11,13H2,1-2H3/t15-,20-/m1/s1. The van der Waals surface area contributed by atoms with E-state index in [-0.39, 0.29) is 12.0 Å². The number of ether oxygens (including phenoxy) is 1. The van der Waals surface area contributed by atoms with Gasteiger partial charge < -0.3 is 9.64 Å². The molecular weight excluding hydrogens is 348 g/mol. The van der Waals surface area contributed by atoms with E-state index in [0.717, 1.165) is 18.5 Å². The number of carbonyl (C=O) groups is 1. The Morgan fingerprint density at radius 3 is 2.65 bits per heavy atom. The fourth-order valence-electron chi connectivity index (χ4n) is 3.08. The Morgan fingerprint density at radius 2 is 2.00 bits per heavy atom. The van der Waals surface area contributed by atoms with Crippen LogP contribution in [0.15, 0.2) is 42.5 Å². The molecule has 2 atom stereocenters. The maximum absolute atomic E-state index is 12.8. The Labute approximate surface area is 159 Å². The molecule has 1 fully saturated rings.